The smallest absolute Gasteiger partial charge is 0.223 e. The number of carbonyl (C=O) groups is 1. The summed E-state index contributed by atoms with van der Waals surface area (Å²) in [4.78, 5) is 15.0. The standard InChI is InChI=1S/C26H25F2N3O/c1-31(17-20-13-18(16-29)12-19-14-23(28)6-7-24(19)20)25(32)15-26(8-10-30-11-9-26)21-2-4-22(27)5-3-21/h2-7,12-14,30H,8-11,15,17H2,1H3. The number of nitriles is 1. The molecule has 0 saturated carbocycles. The predicted molar refractivity (Wildman–Crippen MR) is 120 cm³/mol. The van der Waals surface area contributed by atoms with Gasteiger partial charge < -0.3 is 10.2 Å². The van der Waals surface area contributed by atoms with E-state index in [0.717, 1.165) is 42.4 Å². The maximum Gasteiger partial charge on any atom is 0.223 e. The third-order valence-electron chi connectivity index (χ3n) is 6.47. The van der Waals surface area contributed by atoms with Crippen molar-refractivity contribution in [1.82, 2.24) is 10.2 Å². The molecule has 0 radical (unpaired) electrons. The van der Waals surface area contributed by atoms with Gasteiger partial charge in [-0.1, -0.05) is 18.2 Å². The molecule has 0 unspecified atom stereocenters. The van der Waals surface area contributed by atoms with Crippen LogP contribution in [0.15, 0.2) is 54.6 Å². The summed E-state index contributed by atoms with van der Waals surface area (Å²) in [6, 6.07) is 16.5. The molecule has 164 valence electrons. The lowest BCUT2D eigenvalue weighted by Crippen LogP contribution is -2.43. The van der Waals surface area contributed by atoms with E-state index in [1.807, 2.05) is 0 Å². The molecule has 1 amide bonds. The molecule has 1 aliphatic rings. The van der Waals surface area contributed by atoms with Gasteiger partial charge in [0.2, 0.25) is 5.91 Å². The zero-order chi connectivity index (χ0) is 22.7. The Hall–Kier alpha value is -3.30. The van der Waals surface area contributed by atoms with Crippen LogP contribution in [-0.4, -0.2) is 30.9 Å². The average molecular weight is 434 g/mol. The SMILES string of the molecule is CN(Cc1cc(C#N)cc2cc(F)ccc12)C(=O)CC1(c2ccc(F)cc2)CCNCC1. The largest absolute Gasteiger partial charge is 0.341 e. The Bertz CT molecular complexity index is 1180. The van der Waals surface area contributed by atoms with Crippen molar-refractivity contribution >= 4 is 16.7 Å². The van der Waals surface area contributed by atoms with Crippen molar-refractivity contribution in [2.75, 3.05) is 20.1 Å². The molecular formula is C26H25F2N3O. The lowest BCUT2D eigenvalue weighted by molar-refractivity contribution is -0.132. The van der Waals surface area contributed by atoms with E-state index in [1.54, 1.807) is 42.3 Å². The summed E-state index contributed by atoms with van der Waals surface area (Å²) >= 11 is 0. The van der Waals surface area contributed by atoms with Crippen LogP contribution in [0.4, 0.5) is 8.78 Å². The normalized spacial score (nSPS) is 15.3. The van der Waals surface area contributed by atoms with Gasteiger partial charge >= 0.3 is 0 Å². The fourth-order valence-electron chi connectivity index (χ4n) is 4.66. The van der Waals surface area contributed by atoms with Crippen LogP contribution in [0, 0.1) is 23.0 Å². The van der Waals surface area contributed by atoms with Crippen molar-refractivity contribution in [1.29, 1.82) is 5.26 Å². The highest BCUT2D eigenvalue weighted by atomic mass is 19.1. The van der Waals surface area contributed by atoms with Crippen LogP contribution in [-0.2, 0) is 16.8 Å². The van der Waals surface area contributed by atoms with Gasteiger partial charge in [-0.3, -0.25) is 4.79 Å². The van der Waals surface area contributed by atoms with E-state index in [0.29, 0.717) is 23.9 Å². The van der Waals surface area contributed by atoms with E-state index in [2.05, 4.69) is 11.4 Å². The monoisotopic (exact) mass is 433 g/mol. The van der Waals surface area contributed by atoms with Gasteiger partial charge in [0.1, 0.15) is 11.6 Å². The second-order valence-electron chi connectivity index (χ2n) is 8.58. The molecule has 3 aromatic rings. The molecule has 1 fully saturated rings. The first-order chi connectivity index (χ1) is 15.4. The minimum Gasteiger partial charge on any atom is -0.341 e. The minimum atomic E-state index is -0.366. The number of hydrogen-bond donors (Lipinski definition) is 1. The zero-order valence-electron chi connectivity index (χ0n) is 18.0. The Labute approximate surface area is 186 Å². The summed E-state index contributed by atoms with van der Waals surface area (Å²) in [5.41, 5.74) is 1.87. The molecule has 0 atom stereocenters. The van der Waals surface area contributed by atoms with Crippen molar-refractivity contribution < 1.29 is 13.6 Å². The van der Waals surface area contributed by atoms with Crippen LogP contribution in [0.3, 0.4) is 0 Å². The number of piperidine rings is 1. The van der Waals surface area contributed by atoms with Gasteiger partial charge in [0, 0.05) is 25.4 Å². The van der Waals surface area contributed by atoms with Gasteiger partial charge in [-0.05, 0) is 84.2 Å². The number of halogens is 2. The van der Waals surface area contributed by atoms with Crippen LogP contribution in [0.1, 0.15) is 36.0 Å². The molecule has 0 bridgehead atoms. The first kappa shape index (κ1) is 21.9. The van der Waals surface area contributed by atoms with Crippen LogP contribution < -0.4 is 5.32 Å². The zero-order valence-corrected chi connectivity index (χ0v) is 18.0. The third-order valence-corrected chi connectivity index (χ3v) is 6.47. The summed E-state index contributed by atoms with van der Waals surface area (Å²) in [6.07, 6.45) is 1.91. The second kappa shape index (κ2) is 9.05. The van der Waals surface area contributed by atoms with Crippen LogP contribution in [0.25, 0.3) is 10.8 Å². The summed E-state index contributed by atoms with van der Waals surface area (Å²) in [6.45, 7) is 1.91. The van der Waals surface area contributed by atoms with Gasteiger partial charge in [0.15, 0.2) is 0 Å². The van der Waals surface area contributed by atoms with Gasteiger partial charge in [-0.25, -0.2) is 8.78 Å². The number of nitrogens with zero attached hydrogens (tertiary/aromatic N) is 2. The fourth-order valence-corrected chi connectivity index (χ4v) is 4.66. The summed E-state index contributed by atoms with van der Waals surface area (Å²) in [7, 11) is 1.75. The Kier molecular flexibility index (Phi) is 6.20. The molecule has 4 nitrogen and oxygen atoms in total. The molecule has 0 spiro atoms. The summed E-state index contributed by atoms with van der Waals surface area (Å²) in [5, 5.41) is 14.2. The number of amides is 1. The van der Waals surface area contributed by atoms with Crippen molar-refractivity contribution in [2.45, 2.75) is 31.2 Å². The highest BCUT2D eigenvalue weighted by Crippen LogP contribution is 2.37. The number of carbonyl (C=O) groups excluding carboxylic acids is 1. The van der Waals surface area contributed by atoms with Crippen molar-refractivity contribution in [2.24, 2.45) is 0 Å². The number of rotatable bonds is 5. The first-order valence-electron chi connectivity index (χ1n) is 10.7. The molecule has 32 heavy (non-hydrogen) atoms. The number of nitrogens with one attached hydrogen (secondary N) is 1. The van der Waals surface area contributed by atoms with E-state index >= 15 is 0 Å². The first-order valence-corrected chi connectivity index (χ1v) is 10.7. The molecule has 0 aliphatic carbocycles. The molecule has 1 heterocycles. The van der Waals surface area contributed by atoms with E-state index in [9.17, 15) is 18.8 Å². The highest BCUT2D eigenvalue weighted by molar-refractivity contribution is 5.88. The number of fused-ring (bicyclic) bond motifs is 1. The summed E-state index contributed by atoms with van der Waals surface area (Å²) in [5.74, 6) is -0.675. The molecule has 3 aromatic carbocycles. The van der Waals surface area contributed by atoms with Gasteiger partial charge in [-0.15, -0.1) is 0 Å². The fraction of sp³-hybridized carbons (Fsp3) is 0.308. The Morgan fingerprint density at radius 1 is 1.06 bits per heavy atom. The molecule has 0 aromatic heterocycles. The van der Waals surface area contributed by atoms with Crippen LogP contribution in [0.5, 0.6) is 0 Å². The number of hydrogen-bond acceptors (Lipinski definition) is 3. The molecule has 1 saturated heterocycles. The van der Waals surface area contributed by atoms with E-state index in [4.69, 9.17) is 0 Å². The van der Waals surface area contributed by atoms with Crippen LogP contribution in [0.2, 0.25) is 0 Å². The Morgan fingerprint density at radius 2 is 1.75 bits per heavy atom. The quantitative estimate of drug-likeness (QED) is 0.637. The summed E-state index contributed by atoms with van der Waals surface area (Å²) < 4.78 is 27.2. The lowest BCUT2D eigenvalue weighted by Gasteiger charge is -2.39. The lowest BCUT2D eigenvalue weighted by atomic mass is 9.70. The van der Waals surface area contributed by atoms with Gasteiger partial charge in [0.25, 0.3) is 0 Å². The van der Waals surface area contributed by atoms with Crippen LogP contribution >= 0.6 is 0 Å². The molecule has 1 N–H and O–H groups in total. The molecule has 4 rings (SSSR count). The highest BCUT2D eigenvalue weighted by Gasteiger charge is 2.37. The van der Waals surface area contributed by atoms with Gasteiger partial charge in [0.05, 0.1) is 11.6 Å². The Morgan fingerprint density at radius 3 is 2.44 bits per heavy atom. The van der Waals surface area contributed by atoms with E-state index in [-0.39, 0.29) is 23.0 Å². The third kappa shape index (κ3) is 4.49. The van der Waals surface area contributed by atoms with E-state index < -0.39 is 0 Å². The average Bonchev–Trinajstić information content (AvgIpc) is 2.79. The maximum absolute atomic E-state index is 13.7. The van der Waals surface area contributed by atoms with Gasteiger partial charge in [-0.2, -0.15) is 5.26 Å². The maximum atomic E-state index is 13.7. The molecular weight excluding hydrogens is 408 g/mol. The van der Waals surface area contributed by atoms with Crippen molar-refractivity contribution in [3.63, 3.8) is 0 Å². The van der Waals surface area contributed by atoms with Crippen molar-refractivity contribution in [3.8, 4) is 6.07 Å². The Balaban J connectivity index is 1.59. The second-order valence-corrected chi connectivity index (χ2v) is 8.58. The van der Waals surface area contributed by atoms with Crippen molar-refractivity contribution in [3.05, 3.63) is 82.9 Å². The molecule has 6 heteroatoms. The minimum absolute atomic E-state index is 0.0196. The predicted octanol–water partition coefficient (Wildman–Crippen LogP) is 4.66. The molecule has 1 aliphatic heterocycles. The van der Waals surface area contributed by atoms with E-state index in [1.165, 1.54) is 24.3 Å². The number of benzene rings is 3. The topological polar surface area (TPSA) is 56.1 Å².